The largest absolute Gasteiger partial charge is 0.416 e. The summed E-state index contributed by atoms with van der Waals surface area (Å²) in [5.41, 5.74) is 1.15. The van der Waals surface area contributed by atoms with E-state index in [9.17, 15) is 13.2 Å². The zero-order valence-corrected chi connectivity index (χ0v) is 11.3. The molecule has 0 aliphatic heterocycles. The van der Waals surface area contributed by atoms with Crippen LogP contribution < -0.4 is 0 Å². The van der Waals surface area contributed by atoms with Crippen molar-refractivity contribution in [1.82, 2.24) is 0 Å². The minimum atomic E-state index is -4.36. The Morgan fingerprint density at radius 2 is 1.85 bits per heavy atom. The number of halogens is 3. The molecule has 0 fully saturated rings. The van der Waals surface area contributed by atoms with E-state index in [-0.39, 0.29) is 0 Å². The summed E-state index contributed by atoms with van der Waals surface area (Å²) in [6, 6.07) is 8.57. The minimum Gasteiger partial charge on any atom is -0.192 e. The average Bonchev–Trinajstić information content (AvgIpc) is 2.80. The van der Waals surface area contributed by atoms with Gasteiger partial charge in [-0.25, -0.2) is 0 Å². The summed E-state index contributed by atoms with van der Waals surface area (Å²) in [7, 11) is 0. The van der Waals surface area contributed by atoms with Crippen LogP contribution in [0.4, 0.5) is 13.2 Å². The van der Waals surface area contributed by atoms with Crippen LogP contribution in [0.2, 0.25) is 0 Å². The second kappa shape index (κ2) is 5.51. The number of rotatable bonds is 2. The number of thiophene rings is 1. The summed E-state index contributed by atoms with van der Waals surface area (Å²) >= 11 is 1.49. The maximum atomic E-state index is 12.5. The van der Waals surface area contributed by atoms with Crippen LogP contribution in [-0.2, 0) is 6.18 Å². The average molecular weight is 293 g/mol. The molecule has 1 heterocycles. The second-order valence-corrected chi connectivity index (χ2v) is 5.16. The van der Waals surface area contributed by atoms with E-state index >= 15 is 0 Å². The van der Waals surface area contributed by atoms with Gasteiger partial charge in [-0.2, -0.15) is 18.4 Å². The molecule has 1 aromatic carbocycles. The molecule has 0 saturated carbocycles. The Kier molecular flexibility index (Phi) is 3.96. The molecule has 0 saturated heterocycles. The highest BCUT2D eigenvalue weighted by Crippen LogP contribution is 2.30. The molecule has 0 radical (unpaired) electrons. The summed E-state index contributed by atoms with van der Waals surface area (Å²) in [6.45, 7) is 1.92. The Morgan fingerprint density at radius 1 is 1.20 bits per heavy atom. The van der Waals surface area contributed by atoms with Gasteiger partial charge in [-0.1, -0.05) is 12.1 Å². The number of aryl methyl sites for hydroxylation is 1. The highest BCUT2D eigenvalue weighted by Gasteiger charge is 2.30. The van der Waals surface area contributed by atoms with Gasteiger partial charge in [0.2, 0.25) is 0 Å². The van der Waals surface area contributed by atoms with Gasteiger partial charge in [0, 0.05) is 4.88 Å². The first kappa shape index (κ1) is 14.4. The van der Waals surface area contributed by atoms with Crippen LogP contribution in [0.25, 0.3) is 11.6 Å². The quantitative estimate of drug-likeness (QED) is 0.703. The summed E-state index contributed by atoms with van der Waals surface area (Å²) in [4.78, 5) is 0.932. The van der Waals surface area contributed by atoms with E-state index < -0.39 is 11.7 Å². The van der Waals surface area contributed by atoms with Gasteiger partial charge in [0.15, 0.2) is 0 Å². The van der Waals surface area contributed by atoms with Crippen LogP contribution in [0.15, 0.2) is 35.7 Å². The molecule has 5 heteroatoms. The lowest BCUT2D eigenvalue weighted by Gasteiger charge is -2.07. The van der Waals surface area contributed by atoms with E-state index in [1.54, 1.807) is 6.08 Å². The number of nitrogens with zero attached hydrogens (tertiary/aromatic N) is 1. The van der Waals surface area contributed by atoms with Crippen LogP contribution in [0.3, 0.4) is 0 Å². The Hall–Kier alpha value is -2.06. The third kappa shape index (κ3) is 3.09. The lowest BCUT2D eigenvalue weighted by atomic mass is 10.0. The van der Waals surface area contributed by atoms with Crippen molar-refractivity contribution in [3.8, 4) is 6.07 Å². The molecule has 0 unspecified atom stereocenters. The van der Waals surface area contributed by atoms with Crippen LogP contribution in [0.5, 0.6) is 0 Å². The van der Waals surface area contributed by atoms with E-state index in [0.29, 0.717) is 11.1 Å². The number of alkyl halides is 3. The SMILES string of the molecule is Cc1ccsc1/C=C(/C#N)c1ccc(C(F)(F)F)cc1. The van der Waals surface area contributed by atoms with E-state index in [4.69, 9.17) is 5.26 Å². The van der Waals surface area contributed by atoms with Gasteiger partial charge >= 0.3 is 6.18 Å². The molecule has 0 atom stereocenters. The zero-order chi connectivity index (χ0) is 14.8. The molecule has 1 aromatic heterocycles. The number of nitriles is 1. The summed E-state index contributed by atoms with van der Waals surface area (Å²) < 4.78 is 37.4. The lowest BCUT2D eigenvalue weighted by molar-refractivity contribution is -0.137. The predicted octanol–water partition coefficient (Wildman–Crippen LogP) is 5.14. The monoisotopic (exact) mass is 293 g/mol. The fraction of sp³-hybridized carbons (Fsp3) is 0.133. The maximum Gasteiger partial charge on any atom is 0.416 e. The van der Waals surface area contributed by atoms with Crippen LogP contribution >= 0.6 is 11.3 Å². The fourth-order valence-electron chi connectivity index (χ4n) is 1.68. The number of hydrogen-bond donors (Lipinski definition) is 0. The molecule has 2 aromatic rings. The first-order chi connectivity index (χ1) is 9.41. The van der Waals surface area contributed by atoms with Crippen molar-refractivity contribution >= 4 is 23.0 Å². The molecule has 0 amide bonds. The Labute approximate surface area is 118 Å². The van der Waals surface area contributed by atoms with Crippen LogP contribution in [0.1, 0.15) is 21.6 Å². The molecule has 102 valence electrons. The normalized spacial score (nSPS) is 12.2. The molecule has 1 nitrogen and oxygen atoms in total. The van der Waals surface area contributed by atoms with Gasteiger partial charge in [0.25, 0.3) is 0 Å². The maximum absolute atomic E-state index is 12.5. The van der Waals surface area contributed by atoms with E-state index in [1.807, 2.05) is 24.4 Å². The van der Waals surface area contributed by atoms with Crippen molar-refractivity contribution in [2.45, 2.75) is 13.1 Å². The molecule has 0 spiro atoms. The summed E-state index contributed by atoms with van der Waals surface area (Å²) in [5, 5.41) is 11.1. The van der Waals surface area contributed by atoms with Gasteiger partial charge < -0.3 is 0 Å². The lowest BCUT2D eigenvalue weighted by Crippen LogP contribution is -2.04. The summed E-state index contributed by atoms with van der Waals surface area (Å²) in [5.74, 6) is 0. The second-order valence-electron chi connectivity index (χ2n) is 4.21. The molecular weight excluding hydrogens is 283 g/mol. The molecule has 0 bridgehead atoms. The molecule has 0 aliphatic rings. The standard InChI is InChI=1S/C15H10F3NS/c1-10-6-7-20-14(10)8-12(9-19)11-2-4-13(5-3-11)15(16,17)18/h2-8H,1H3/b12-8-. The molecule has 0 N–H and O–H groups in total. The highest BCUT2D eigenvalue weighted by molar-refractivity contribution is 7.11. The van der Waals surface area contributed by atoms with E-state index in [2.05, 4.69) is 0 Å². The Morgan fingerprint density at radius 3 is 2.30 bits per heavy atom. The molecular formula is C15H10F3NS. The van der Waals surface area contributed by atoms with Crippen molar-refractivity contribution in [2.24, 2.45) is 0 Å². The van der Waals surface area contributed by atoms with Crippen molar-refractivity contribution in [2.75, 3.05) is 0 Å². The van der Waals surface area contributed by atoms with Crippen LogP contribution in [0, 0.1) is 18.3 Å². The topological polar surface area (TPSA) is 23.8 Å². The third-order valence-electron chi connectivity index (χ3n) is 2.82. The van der Waals surface area contributed by atoms with Gasteiger partial charge in [-0.3, -0.25) is 0 Å². The molecule has 0 aliphatic carbocycles. The van der Waals surface area contributed by atoms with Gasteiger partial charge in [-0.15, -0.1) is 11.3 Å². The number of hydrogen-bond acceptors (Lipinski definition) is 2. The van der Waals surface area contributed by atoms with Crippen molar-refractivity contribution in [3.05, 3.63) is 57.3 Å². The van der Waals surface area contributed by atoms with Crippen molar-refractivity contribution in [3.63, 3.8) is 0 Å². The Bertz CT molecular complexity index is 672. The van der Waals surface area contributed by atoms with Gasteiger partial charge in [0.1, 0.15) is 0 Å². The molecule has 2 rings (SSSR count). The van der Waals surface area contributed by atoms with Crippen LogP contribution in [-0.4, -0.2) is 0 Å². The first-order valence-electron chi connectivity index (χ1n) is 5.75. The van der Waals surface area contributed by atoms with E-state index in [0.717, 1.165) is 22.6 Å². The van der Waals surface area contributed by atoms with Gasteiger partial charge in [0.05, 0.1) is 17.2 Å². The number of benzene rings is 1. The zero-order valence-electron chi connectivity index (χ0n) is 10.5. The number of allylic oxidation sites excluding steroid dienone is 1. The predicted molar refractivity (Wildman–Crippen MR) is 74.0 cm³/mol. The third-order valence-corrected chi connectivity index (χ3v) is 3.79. The van der Waals surface area contributed by atoms with Crippen molar-refractivity contribution in [1.29, 1.82) is 5.26 Å². The first-order valence-corrected chi connectivity index (χ1v) is 6.63. The van der Waals surface area contributed by atoms with Crippen molar-refractivity contribution < 1.29 is 13.2 Å². The fourth-order valence-corrected chi connectivity index (χ4v) is 2.54. The molecule has 20 heavy (non-hydrogen) atoms. The summed E-state index contributed by atoms with van der Waals surface area (Å²) in [6.07, 6.45) is -2.66. The Balaban J connectivity index is 2.37. The smallest absolute Gasteiger partial charge is 0.192 e. The van der Waals surface area contributed by atoms with E-state index in [1.165, 1.54) is 23.5 Å². The minimum absolute atomic E-state index is 0.351. The van der Waals surface area contributed by atoms with Gasteiger partial charge in [-0.05, 0) is 47.7 Å². The highest BCUT2D eigenvalue weighted by atomic mass is 32.1.